The van der Waals surface area contributed by atoms with Crippen molar-refractivity contribution >= 4 is 19.9 Å². The molecule has 2 aliphatic rings. The summed E-state index contributed by atoms with van der Waals surface area (Å²) in [5, 5.41) is 21.4. The number of fused-ring (bicyclic) bond motifs is 3. The standard InChI is InChI=1S/C34H35N2O8P/c35-18-9-19-42-45(40,43-21-24-10-2-1-3-11-24)44-22-26(20-25-12-8-17-27(25)33(37)38)36-34(39)41-23-32-30-15-6-4-13-28(30)29-14-5-7-16-31(29)32/h1-7,10-11,13-16,20,26-27,32H,8-9,12,17,19,21-23H2,(H,36,39)(H,37,38)/b25-20-/t26-,27+,45?/m1/s1. The summed E-state index contributed by atoms with van der Waals surface area (Å²) in [6.07, 6.45) is 2.57. The molecule has 1 amide bonds. The SMILES string of the molecule is N#CCCOP(=O)(OCc1ccccc1)OC[C@@H](/C=C1/CCC[C@@H]1C(=O)O)NC(=O)OCC1c2ccccc2-c2ccccc21. The molecule has 10 nitrogen and oxygen atoms in total. The summed E-state index contributed by atoms with van der Waals surface area (Å²) in [7, 11) is -4.19. The maximum absolute atomic E-state index is 13.6. The van der Waals surface area contributed by atoms with Gasteiger partial charge >= 0.3 is 19.9 Å². The Hall–Kier alpha value is -4.26. The van der Waals surface area contributed by atoms with Gasteiger partial charge in [-0.15, -0.1) is 0 Å². The van der Waals surface area contributed by atoms with Crippen molar-refractivity contribution in [2.45, 2.75) is 44.2 Å². The summed E-state index contributed by atoms with van der Waals surface area (Å²) in [6, 6.07) is 26.0. The molecule has 0 spiro atoms. The van der Waals surface area contributed by atoms with E-state index in [2.05, 4.69) is 5.32 Å². The quantitative estimate of drug-likeness (QED) is 0.110. The van der Waals surface area contributed by atoms with E-state index in [1.54, 1.807) is 18.2 Å². The highest BCUT2D eigenvalue weighted by Crippen LogP contribution is 2.50. The van der Waals surface area contributed by atoms with Gasteiger partial charge in [-0.25, -0.2) is 9.36 Å². The highest BCUT2D eigenvalue weighted by molar-refractivity contribution is 7.48. The third kappa shape index (κ3) is 8.27. The van der Waals surface area contributed by atoms with Gasteiger partial charge in [0.1, 0.15) is 6.61 Å². The van der Waals surface area contributed by atoms with Crippen LogP contribution in [0.25, 0.3) is 11.1 Å². The molecule has 1 unspecified atom stereocenters. The molecule has 3 aromatic rings. The van der Waals surface area contributed by atoms with Gasteiger partial charge in [0.05, 0.1) is 44.3 Å². The summed E-state index contributed by atoms with van der Waals surface area (Å²) < 4.78 is 35.9. The van der Waals surface area contributed by atoms with Crippen LogP contribution in [0, 0.1) is 17.2 Å². The first-order valence-corrected chi connectivity index (χ1v) is 16.3. The second-order valence-corrected chi connectivity index (χ2v) is 12.5. The number of carboxylic acid groups (broad SMARTS) is 1. The lowest BCUT2D eigenvalue weighted by molar-refractivity contribution is -0.140. The van der Waals surface area contributed by atoms with E-state index in [-0.39, 0.29) is 38.8 Å². The molecule has 0 saturated heterocycles. The fourth-order valence-electron chi connectivity index (χ4n) is 5.75. The lowest BCUT2D eigenvalue weighted by Crippen LogP contribution is -2.38. The van der Waals surface area contributed by atoms with E-state index in [0.717, 1.165) is 27.8 Å². The average molecular weight is 631 g/mol. The van der Waals surface area contributed by atoms with Crippen molar-refractivity contribution < 1.29 is 37.6 Å². The van der Waals surface area contributed by atoms with Crippen LogP contribution in [0.4, 0.5) is 4.79 Å². The number of nitrogens with zero attached hydrogens (tertiary/aromatic N) is 1. The first-order chi connectivity index (χ1) is 21.9. The van der Waals surface area contributed by atoms with E-state index in [0.29, 0.717) is 24.8 Å². The molecule has 0 aliphatic heterocycles. The van der Waals surface area contributed by atoms with E-state index < -0.39 is 31.8 Å². The predicted molar refractivity (Wildman–Crippen MR) is 166 cm³/mol. The lowest BCUT2D eigenvalue weighted by atomic mass is 9.98. The van der Waals surface area contributed by atoms with Gasteiger partial charge in [-0.3, -0.25) is 18.4 Å². The van der Waals surface area contributed by atoms with Crippen molar-refractivity contribution in [2.75, 3.05) is 19.8 Å². The molecule has 3 aromatic carbocycles. The number of carbonyl (C=O) groups excluding carboxylic acids is 1. The van der Waals surface area contributed by atoms with Crippen LogP contribution >= 0.6 is 7.82 Å². The summed E-state index contributed by atoms with van der Waals surface area (Å²) in [5.74, 6) is -1.79. The number of amides is 1. The second kappa shape index (κ2) is 15.2. The number of carboxylic acids is 1. The highest BCUT2D eigenvalue weighted by Gasteiger charge is 2.33. The Labute approximate surface area is 262 Å². The molecule has 0 aromatic heterocycles. The zero-order valence-electron chi connectivity index (χ0n) is 24.7. The number of nitriles is 1. The number of rotatable bonds is 14. The van der Waals surface area contributed by atoms with Gasteiger partial charge in [-0.1, -0.05) is 90.5 Å². The smallest absolute Gasteiger partial charge is 0.475 e. The fraction of sp³-hybridized carbons (Fsp3) is 0.324. The van der Waals surface area contributed by atoms with Crippen molar-refractivity contribution in [2.24, 2.45) is 5.92 Å². The minimum atomic E-state index is -4.19. The third-order valence-electron chi connectivity index (χ3n) is 7.87. The molecular weight excluding hydrogens is 595 g/mol. The van der Waals surface area contributed by atoms with Crippen molar-refractivity contribution in [3.05, 3.63) is 107 Å². The van der Waals surface area contributed by atoms with Crippen molar-refractivity contribution in [3.8, 4) is 17.2 Å². The van der Waals surface area contributed by atoms with Crippen LogP contribution in [0.15, 0.2) is 90.5 Å². The number of nitrogens with one attached hydrogen (secondary N) is 1. The molecule has 45 heavy (non-hydrogen) atoms. The van der Waals surface area contributed by atoms with Crippen LogP contribution in [-0.2, 0) is 34.3 Å². The van der Waals surface area contributed by atoms with E-state index in [4.69, 9.17) is 23.6 Å². The van der Waals surface area contributed by atoms with Crippen LogP contribution in [0.2, 0.25) is 0 Å². The predicted octanol–water partition coefficient (Wildman–Crippen LogP) is 6.98. The Morgan fingerprint density at radius 2 is 1.64 bits per heavy atom. The number of carbonyl (C=O) groups is 2. The average Bonchev–Trinajstić information content (AvgIpc) is 3.65. The van der Waals surface area contributed by atoms with Crippen molar-refractivity contribution in [1.29, 1.82) is 5.26 Å². The summed E-state index contributed by atoms with van der Waals surface area (Å²) >= 11 is 0. The van der Waals surface area contributed by atoms with Crippen molar-refractivity contribution in [3.63, 3.8) is 0 Å². The molecule has 0 bridgehead atoms. The van der Waals surface area contributed by atoms with Crippen LogP contribution in [0.3, 0.4) is 0 Å². The Bertz CT molecular complexity index is 1570. The zero-order valence-corrected chi connectivity index (χ0v) is 25.6. The Kier molecular flexibility index (Phi) is 10.8. The number of aliphatic carboxylic acids is 1. The van der Waals surface area contributed by atoms with Gasteiger partial charge in [0.15, 0.2) is 0 Å². The Morgan fingerprint density at radius 1 is 0.978 bits per heavy atom. The number of alkyl carbamates (subject to hydrolysis) is 1. The summed E-state index contributed by atoms with van der Waals surface area (Å²) in [6.45, 7) is -0.525. The third-order valence-corrected chi connectivity index (χ3v) is 9.28. The maximum atomic E-state index is 13.6. The Balaban J connectivity index is 1.29. The monoisotopic (exact) mass is 630 g/mol. The number of phosphoric ester groups is 1. The molecule has 0 radical (unpaired) electrons. The number of benzene rings is 3. The first-order valence-electron chi connectivity index (χ1n) is 14.9. The second-order valence-electron chi connectivity index (χ2n) is 10.8. The van der Waals surface area contributed by atoms with Crippen LogP contribution in [0.1, 0.15) is 48.3 Å². The van der Waals surface area contributed by atoms with Gasteiger partial charge in [-0.2, -0.15) is 5.26 Å². The zero-order chi connectivity index (χ0) is 31.6. The maximum Gasteiger partial charge on any atom is 0.475 e. The Morgan fingerprint density at radius 3 is 2.31 bits per heavy atom. The molecule has 3 atom stereocenters. The molecule has 1 fully saturated rings. The van der Waals surface area contributed by atoms with Crippen LogP contribution in [-0.4, -0.2) is 43.0 Å². The minimum absolute atomic E-state index is 0.0339. The van der Waals surface area contributed by atoms with Crippen LogP contribution < -0.4 is 5.32 Å². The number of phosphoric acid groups is 1. The van der Waals surface area contributed by atoms with Crippen LogP contribution in [0.5, 0.6) is 0 Å². The van der Waals surface area contributed by atoms with Gasteiger partial charge < -0.3 is 15.2 Å². The van der Waals surface area contributed by atoms with Gasteiger partial charge in [0.2, 0.25) is 0 Å². The molecular formula is C34H35N2O8P. The molecule has 2 aliphatic carbocycles. The van der Waals surface area contributed by atoms with E-state index in [9.17, 15) is 19.3 Å². The van der Waals surface area contributed by atoms with Gasteiger partial charge in [-0.05, 0) is 47.1 Å². The molecule has 2 N–H and O–H groups in total. The number of ether oxygens (including phenoxy) is 1. The number of hydrogen-bond acceptors (Lipinski definition) is 8. The van der Waals surface area contributed by atoms with E-state index >= 15 is 0 Å². The highest BCUT2D eigenvalue weighted by atomic mass is 31.2. The van der Waals surface area contributed by atoms with Gasteiger partial charge in [0.25, 0.3) is 0 Å². The minimum Gasteiger partial charge on any atom is -0.481 e. The van der Waals surface area contributed by atoms with Crippen molar-refractivity contribution in [1.82, 2.24) is 5.32 Å². The lowest BCUT2D eigenvalue weighted by Gasteiger charge is -2.22. The first kappa shape index (κ1) is 32.1. The molecule has 1 saturated carbocycles. The number of hydrogen-bond donors (Lipinski definition) is 2. The molecule has 5 rings (SSSR count). The van der Waals surface area contributed by atoms with E-state index in [1.165, 1.54) is 0 Å². The topological polar surface area (TPSA) is 144 Å². The largest absolute Gasteiger partial charge is 0.481 e. The van der Waals surface area contributed by atoms with Gasteiger partial charge in [0, 0.05) is 5.92 Å². The molecule has 234 valence electrons. The summed E-state index contributed by atoms with van der Waals surface area (Å²) in [4.78, 5) is 25.0. The summed E-state index contributed by atoms with van der Waals surface area (Å²) in [5.41, 5.74) is 5.70. The fourth-order valence-corrected chi connectivity index (χ4v) is 6.94. The molecule has 11 heteroatoms. The molecule has 0 heterocycles. The normalized spacial score (nSPS) is 18.4. The van der Waals surface area contributed by atoms with E-state index in [1.807, 2.05) is 72.8 Å².